The van der Waals surface area contributed by atoms with Crippen LogP contribution in [0.25, 0.3) is 0 Å². The van der Waals surface area contributed by atoms with Crippen LogP contribution < -0.4 is 10.6 Å². The number of rotatable bonds is 7. The molecule has 17 heavy (non-hydrogen) atoms. The molecule has 0 heterocycles. The highest BCUT2D eigenvalue weighted by molar-refractivity contribution is 14.0. The van der Waals surface area contributed by atoms with Gasteiger partial charge in [-0.1, -0.05) is 6.92 Å². The van der Waals surface area contributed by atoms with Gasteiger partial charge in [0.1, 0.15) is 0 Å². The zero-order valence-electron chi connectivity index (χ0n) is 11.3. The Labute approximate surface area is 123 Å². The smallest absolute Gasteiger partial charge is 0.191 e. The monoisotopic (exact) mass is 354 g/mol. The maximum absolute atomic E-state index is 4.55. The minimum atomic E-state index is 0. The lowest BCUT2D eigenvalue weighted by Crippen LogP contribution is -2.38. The summed E-state index contributed by atoms with van der Waals surface area (Å²) in [4.78, 5) is 7.08. The molecule has 102 valence electrons. The molecule has 0 atom stereocenters. The second kappa shape index (κ2) is 9.94. The second-order valence-corrected chi connectivity index (χ2v) is 4.15. The Morgan fingerprint density at radius 3 is 2.18 bits per heavy atom. The van der Waals surface area contributed by atoms with Crippen molar-refractivity contribution in [3.8, 4) is 0 Å². The summed E-state index contributed by atoms with van der Waals surface area (Å²) in [6, 6.07) is 0.849. The van der Waals surface area contributed by atoms with Crippen LogP contribution in [0, 0.1) is 0 Å². The van der Waals surface area contributed by atoms with E-state index in [0.717, 1.165) is 44.7 Å². The number of aliphatic imine (C=N–C) groups is 1. The first kappa shape index (κ1) is 17.0. The lowest BCUT2D eigenvalue weighted by molar-refractivity contribution is 0.286. The molecule has 0 amide bonds. The molecular weight excluding hydrogens is 327 g/mol. The van der Waals surface area contributed by atoms with E-state index in [2.05, 4.69) is 41.3 Å². The molecule has 0 aromatic rings. The molecule has 1 fully saturated rings. The molecular formula is C12H27IN4. The highest BCUT2D eigenvalue weighted by Crippen LogP contribution is 2.25. The van der Waals surface area contributed by atoms with E-state index in [1.807, 2.05) is 0 Å². The van der Waals surface area contributed by atoms with Crippen LogP contribution in [0.1, 0.15) is 33.6 Å². The molecule has 1 aliphatic rings. The van der Waals surface area contributed by atoms with Crippen LogP contribution >= 0.6 is 24.0 Å². The number of hydrogen-bond donors (Lipinski definition) is 2. The third-order valence-electron chi connectivity index (χ3n) is 2.82. The molecule has 5 heteroatoms. The lowest BCUT2D eigenvalue weighted by atomic mass is 10.4. The predicted molar refractivity (Wildman–Crippen MR) is 85.3 cm³/mol. The summed E-state index contributed by atoms with van der Waals surface area (Å²) in [5.74, 6) is 0.942. The summed E-state index contributed by atoms with van der Waals surface area (Å²) in [6.45, 7) is 11.4. The van der Waals surface area contributed by atoms with E-state index in [1.54, 1.807) is 0 Å². The van der Waals surface area contributed by atoms with E-state index in [-0.39, 0.29) is 24.0 Å². The fourth-order valence-electron chi connectivity index (χ4n) is 1.84. The summed E-state index contributed by atoms with van der Waals surface area (Å²) < 4.78 is 0. The third kappa shape index (κ3) is 7.08. The molecule has 1 saturated carbocycles. The highest BCUT2D eigenvalue weighted by Gasteiger charge is 2.26. The summed E-state index contributed by atoms with van der Waals surface area (Å²) in [5, 5.41) is 6.48. The van der Waals surface area contributed by atoms with Gasteiger partial charge in [-0.05, 0) is 33.2 Å². The van der Waals surface area contributed by atoms with Gasteiger partial charge in [-0.15, -0.1) is 24.0 Å². The Hall–Kier alpha value is -0.0400. The van der Waals surface area contributed by atoms with E-state index in [1.165, 1.54) is 12.8 Å². The predicted octanol–water partition coefficient (Wildman–Crippen LogP) is 1.66. The molecule has 0 bridgehead atoms. The molecule has 0 radical (unpaired) electrons. The Kier molecular flexibility index (Phi) is 9.91. The molecule has 1 rings (SSSR count). The first-order valence-corrected chi connectivity index (χ1v) is 6.58. The average molecular weight is 354 g/mol. The van der Waals surface area contributed by atoms with Gasteiger partial charge in [0.15, 0.2) is 5.96 Å². The lowest BCUT2D eigenvalue weighted by Gasteiger charge is -2.18. The van der Waals surface area contributed by atoms with Gasteiger partial charge in [0.25, 0.3) is 0 Å². The van der Waals surface area contributed by atoms with Gasteiger partial charge in [0.05, 0.1) is 6.54 Å². The van der Waals surface area contributed by atoms with Gasteiger partial charge in [-0.3, -0.25) is 9.89 Å². The number of guanidine groups is 1. The zero-order chi connectivity index (χ0) is 11.8. The number of hydrogen-bond acceptors (Lipinski definition) is 2. The van der Waals surface area contributed by atoms with Gasteiger partial charge in [-0.2, -0.15) is 0 Å². The van der Waals surface area contributed by atoms with Crippen LogP contribution in [-0.2, 0) is 0 Å². The van der Waals surface area contributed by atoms with Crippen LogP contribution in [0.15, 0.2) is 4.99 Å². The quantitative estimate of drug-likeness (QED) is 0.415. The number of likely N-dealkylation sites (N-methyl/N-ethyl adjacent to an activating group) is 1. The molecule has 1 aliphatic carbocycles. The van der Waals surface area contributed by atoms with E-state index < -0.39 is 0 Å². The van der Waals surface area contributed by atoms with Gasteiger partial charge in [0.2, 0.25) is 0 Å². The molecule has 4 nitrogen and oxygen atoms in total. The molecule has 0 saturated heterocycles. The SMILES string of the molecule is CCNC(=NCCN(CC)C1CC1)NCC.I. The first-order chi connectivity index (χ1) is 7.81. The van der Waals surface area contributed by atoms with Gasteiger partial charge in [-0.25, -0.2) is 0 Å². The molecule has 0 spiro atoms. The Balaban J connectivity index is 0.00000256. The van der Waals surface area contributed by atoms with Crippen LogP contribution in [-0.4, -0.2) is 49.6 Å². The Morgan fingerprint density at radius 1 is 1.18 bits per heavy atom. The van der Waals surface area contributed by atoms with Gasteiger partial charge < -0.3 is 10.6 Å². The van der Waals surface area contributed by atoms with E-state index in [0.29, 0.717) is 0 Å². The number of halogens is 1. The first-order valence-electron chi connectivity index (χ1n) is 6.58. The minimum absolute atomic E-state index is 0. The maximum atomic E-state index is 4.55. The summed E-state index contributed by atoms with van der Waals surface area (Å²) in [6.07, 6.45) is 2.76. The van der Waals surface area contributed by atoms with Gasteiger partial charge >= 0.3 is 0 Å². The molecule has 2 N–H and O–H groups in total. The standard InChI is InChI=1S/C12H26N4.HI/c1-4-13-12(14-5-2)15-9-10-16(6-3)11-7-8-11;/h11H,4-10H2,1-3H3,(H2,13,14,15);1H. The largest absolute Gasteiger partial charge is 0.357 e. The fraction of sp³-hybridized carbons (Fsp3) is 0.917. The van der Waals surface area contributed by atoms with E-state index in [4.69, 9.17) is 0 Å². The van der Waals surface area contributed by atoms with Crippen molar-refractivity contribution in [1.29, 1.82) is 0 Å². The van der Waals surface area contributed by atoms with Crippen molar-refractivity contribution >= 4 is 29.9 Å². The van der Waals surface area contributed by atoms with E-state index in [9.17, 15) is 0 Å². The van der Waals surface area contributed by atoms with Crippen LogP contribution in [0.4, 0.5) is 0 Å². The normalized spacial score (nSPS) is 14.1. The zero-order valence-corrected chi connectivity index (χ0v) is 13.7. The average Bonchev–Trinajstić information content (AvgIpc) is 3.09. The summed E-state index contributed by atoms with van der Waals surface area (Å²) in [5.41, 5.74) is 0. The fourth-order valence-corrected chi connectivity index (χ4v) is 1.84. The molecule has 0 aromatic heterocycles. The van der Waals surface area contributed by atoms with Crippen molar-refractivity contribution < 1.29 is 0 Å². The van der Waals surface area contributed by atoms with Crippen molar-refractivity contribution in [3.63, 3.8) is 0 Å². The van der Waals surface area contributed by atoms with Crippen molar-refractivity contribution in [2.45, 2.75) is 39.7 Å². The maximum Gasteiger partial charge on any atom is 0.191 e. The Bertz CT molecular complexity index is 209. The Morgan fingerprint density at radius 2 is 1.76 bits per heavy atom. The third-order valence-corrected chi connectivity index (χ3v) is 2.82. The van der Waals surface area contributed by atoms with Gasteiger partial charge in [0, 0.05) is 25.7 Å². The number of nitrogens with one attached hydrogen (secondary N) is 2. The van der Waals surface area contributed by atoms with Crippen LogP contribution in [0.5, 0.6) is 0 Å². The minimum Gasteiger partial charge on any atom is -0.357 e. The van der Waals surface area contributed by atoms with Crippen LogP contribution in [0.2, 0.25) is 0 Å². The summed E-state index contributed by atoms with van der Waals surface area (Å²) in [7, 11) is 0. The second-order valence-electron chi connectivity index (χ2n) is 4.15. The molecule has 0 aliphatic heterocycles. The summed E-state index contributed by atoms with van der Waals surface area (Å²) >= 11 is 0. The topological polar surface area (TPSA) is 39.7 Å². The van der Waals surface area contributed by atoms with Crippen molar-refractivity contribution in [3.05, 3.63) is 0 Å². The number of nitrogens with zero attached hydrogens (tertiary/aromatic N) is 2. The molecule has 0 aromatic carbocycles. The van der Waals surface area contributed by atoms with Crippen molar-refractivity contribution in [1.82, 2.24) is 15.5 Å². The van der Waals surface area contributed by atoms with E-state index >= 15 is 0 Å². The van der Waals surface area contributed by atoms with Crippen molar-refractivity contribution in [2.24, 2.45) is 4.99 Å². The highest BCUT2D eigenvalue weighted by atomic mass is 127. The molecule has 0 unspecified atom stereocenters. The van der Waals surface area contributed by atoms with Crippen LogP contribution in [0.3, 0.4) is 0 Å². The van der Waals surface area contributed by atoms with Crippen molar-refractivity contribution in [2.75, 3.05) is 32.7 Å².